The zero-order valence-electron chi connectivity index (χ0n) is 14.0. The summed E-state index contributed by atoms with van der Waals surface area (Å²) >= 11 is 0. The number of aromatic nitrogens is 2. The summed E-state index contributed by atoms with van der Waals surface area (Å²) in [6.07, 6.45) is 4.47. The van der Waals surface area contributed by atoms with Crippen LogP contribution in [0.2, 0.25) is 0 Å². The highest BCUT2D eigenvalue weighted by atomic mass is 19.1. The van der Waals surface area contributed by atoms with Crippen molar-refractivity contribution in [1.82, 2.24) is 9.55 Å². The van der Waals surface area contributed by atoms with Crippen LogP contribution in [-0.2, 0) is 0 Å². The number of aromatic carboxylic acids is 1. The van der Waals surface area contributed by atoms with Gasteiger partial charge in [0.15, 0.2) is 0 Å². The number of pyridine rings is 2. The highest BCUT2D eigenvalue weighted by molar-refractivity contribution is 5.94. The third-order valence-corrected chi connectivity index (χ3v) is 4.36. The molecule has 0 atom stereocenters. The molecule has 0 spiro atoms. The van der Waals surface area contributed by atoms with E-state index in [1.165, 1.54) is 22.9 Å². The fourth-order valence-corrected chi connectivity index (χ4v) is 3.05. The largest absolute Gasteiger partial charge is 0.477 e. The predicted molar refractivity (Wildman–Crippen MR) is 99.7 cm³/mol. The molecule has 132 valence electrons. The van der Waals surface area contributed by atoms with Gasteiger partial charge in [-0.1, -0.05) is 18.2 Å². The van der Waals surface area contributed by atoms with E-state index in [2.05, 4.69) is 4.98 Å². The number of benzene rings is 2. The molecule has 6 heteroatoms. The zero-order chi connectivity index (χ0) is 19.0. The first kappa shape index (κ1) is 16.7. The lowest BCUT2D eigenvalue weighted by molar-refractivity contribution is 0.0695. The van der Waals surface area contributed by atoms with Crippen molar-refractivity contribution in [2.45, 2.75) is 0 Å². The zero-order valence-corrected chi connectivity index (χ0v) is 14.0. The number of carboxylic acid groups (broad SMARTS) is 1. The van der Waals surface area contributed by atoms with Gasteiger partial charge in [0, 0.05) is 24.0 Å². The Labute approximate surface area is 153 Å². The Hall–Kier alpha value is -3.80. The van der Waals surface area contributed by atoms with Gasteiger partial charge in [-0.3, -0.25) is 9.78 Å². The molecule has 0 bridgehead atoms. The molecule has 0 aliphatic carbocycles. The average Bonchev–Trinajstić information content (AvgIpc) is 2.69. The Morgan fingerprint density at radius 2 is 1.74 bits per heavy atom. The SMILES string of the molecule is O=C(O)c1cn(-c2ccccc2F)c2cc(-c3ccncc3)ccc2c1=O. The first-order chi connectivity index (χ1) is 13.1. The summed E-state index contributed by atoms with van der Waals surface area (Å²) in [4.78, 5) is 28.1. The molecule has 0 fully saturated rings. The molecule has 2 heterocycles. The molecule has 0 unspecified atom stereocenters. The standard InChI is InChI=1S/C21H13FN2O3/c22-17-3-1-2-4-18(17)24-12-16(21(26)27)20(25)15-6-5-14(11-19(15)24)13-7-9-23-10-8-13/h1-12H,(H,26,27). The molecule has 0 aliphatic heterocycles. The van der Waals surface area contributed by atoms with Crippen molar-refractivity contribution in [3.8, 4) is 16.8 Å². The van der Waals surface area contributed by atoms with E-state index in [4.69, 9.17) is 0 Å². The molecule has 0 saturated carbocycles. The summed E-state index contributed by atoms with van der Waals surface area (Å²) in [6.45, 7) is 0. The number of para-hydroxylation sites is 1. The van der Waals surface area contributed by atoms with Crippen LogP contribution in [0.1, 0.15) is 10.4 Å². The topological polar surface area (TPSA) is 72.2 Å². The molecule has 0 radical (unpaired) electrons. The van der Waals surface area contributed by atoms with Crippen LogP contribution in [-0.4, -0.2) is 20.6 Å². The highest BCUT2D eigenvalue weighted by Gasteiger charge is 2.17. The molecule has 5 nitrogen and oxygen atoms in total. The number of carbonyl (C=O) groups is 1. The molecule has 0 aliphatic rings. The Morgan fingerprint density at radius 1 is 1.00 bits per heavy atom. The lowest BCUT2D eigenvalue weighted by atomic mass is 10.0. The molecule has 0 amide bonds. The van der Waals surface area contributed by atoms with E-state index in [1.807, 2.05) is 12.1 Å². The lowest BCUT2D eigenvalue weighted by Gasteiger charge is -2.14. The normalized spacial score (nSPS) is 10.9. The van der Waals surface area contributed by atoms with Gasteiger partial charge in [-0.25, -0.2) is 9.18 Å². The maximum absolute atomic E-state index is 14.4. The molecular weight excluding hydrogens is 347 g/mol. The van der Waals surface area contributed by atoms with Gasteiger partial charge in [0.2, 0.25) is 5.43 Å². The van der Waals surface area contributed by atoms with Crippen molar-refractivity contribution in [3.05, 3.63) is 94.8 Å². The Kier molecular flexibility index (Phi) is 4.01. The van der Waals surface area contributed by atoms with Crippen LogP contribution in [0.4, 0.5) is 4.39 Å². The molecule has 4 rings (SSSR count). The Balaban J connectivity index is 2.10. The summed E-state index contributed by atoms with van der Waals surface area (Å²) < 4.78 is 15.8. The Bertz CT molecular complexity index is 1230. The first-order valence-electron chi connectivity index (χ1n) is 8.14. The van der Waals surface area contributed by atoms with E-state index in [1.54, 1.807) is 42.7 Å². The van der Waals surface area contributed by atoms with Crippen molar-refractivity contribution in [2.24, 2.45) is 0 Å². The van der Waals surface area contributed by atoms with Crippen LogP contribution >= 0.6 is 0 Å². The van der Waals surface area contributed by atoms with Crippen LogP contribution < -0.4 is 5.43 Å². The number of rotatable bonds is 3. The van der Waals surface area contributed by atoms with E-state index < -0.39 is 22.8 Å². The van der Waals surface area contributed by atoms with Gasteiger partial charge in [-0.2, -0.15) is 0 Å². The highest BCUT2D eigenvalue weighted by Crippen LogP contribution is 2.26. The van der Waals surface area contributed by atoms with Gasteiger partial charge in [0.25, 0.3) is 0 Å². The van der Waals surface area contributed by atoms with Crippen molar-refractivity contribution in [1.29, 1.82) is 0 Å². The molecule has 27 heavy (non-hydrogen) atoms. The van der Waals surface area contributed by atoms with Gasteiger partial charge >= 0.3 is 5.97 Å². The number of nitrogens with zero attached hydrogens (tertiary/aromatic N) is 2. The van der Waals surface area contributed by atoms with Crippen molar-refractivity contribution in [3.63, 3.8) is 0 Å². The second-order valence-corrected chi connectivity index (χ2v) is 5.97. The van der Waals surface area contributed by atoms with Gasteiger partial charge in [0.05, 0.1) is 11.2 Å². The summed E-state index contributed by atoms with van der Waals surface area (Å²) in [7, 11) is 0. The number of hydrogen-bond donors (Lipinski definition) is 1. The summed E-state index contributed by atoms with van der Waals surface area (Å²) in [5.74, 6) is -1.88. The van der Waals surface area contributed by atoms with Crippen LogP contribution in [0.3, 0.4) is 0 Å². The predicted octanol–water partition coefficient (Wildman–Crippen LogP) is 3.89. The average molecular weight is 360 g/mol. The van der Waals surface area contributed by atoms with Gasteiger partial charge in [0.1, 0.15) is 11.4 Å². The van der Waals surface area contributed by atoms with Crippen LogP contribution in [0, 0.1) is 5.82 Å². The minimum Gasteiger partial charge on any atom is -0.477 e. The van der Waals surface area contributed by atoms with Crippen molar-refractivity contribution >= 4 is 16.9 Å². The monoisotopic (exact) mass is 360 g/mol. The first-order valence-corrected chi connectivity index (χ1v) is 8.14. The quantitative estimate of drug-likeness (QED) is 0.602. The molecular formula is C21H13FN2O3. The smallest absolute Gasteiger partial charge is 0.341 e. The van der Waals surface area contributed by atoms with Gasteiger partial charge in [-0.15, -0.1) is 0 Å². The van der Waals surface area contributed by atoms with Crippen molar-refractivity contribution < 1.29 is 14.3 Å². The molecule has 2 aromatic carbocycles. The molecule has 2 aromatic heterocycles. The van der Waals surface area contributed by atoms with E-state index in [9.17, 15) is 19.1 Å². The summed E-state index contributed by atoms with van der Waals surface area (Å²) in [5.41, 5.74) is 1.24. The summed E-state index contributed by atoms with van der Waals surface area (Å²) in [5, 5.41) is 9.59. The number of carboxylic acids is 1. The van der Waals surface area contributed by atoms with E-state index in [0.29, 0.717) is 5.52 Å². The summed E-state index contributed by atoms with van der Waals surface area (Å²) in [6, 6.07) is 14.7. The second-order valence-electron chi connectivity index (χ2n) is 5.97. The lowest BCUT2D eigenvalue weighted by Crippen LogP contribution is -2.18. The third kappa shape index (κ3) is 2.87. The Morgan fingerprint density at radius 3 is 2.44 bits per heavy atom. The van der Waals surface area contributed by atoms with Gasteiger partial charge < -0.3 is 9.67 Å². The fraction of sp³-hybridized carbons (Fsp3) is 0. The minimum absolute atomic E-state index is 0.164. The van der Waals surface area contributed by atoms with Gasteiger partial charge in [-0.05, 0) is 47.5 Å². The number of fused-ring (bicyclic) bond motifs is 1. The second kappa shape index (κ2) is 6.49. The fourth-order valence-electron chi connectivity index (χ4n) is 3.05. The molecule has 1 N–H and O–H groups in total. The van der Waals surface area contributed by atoms with Crippen LogP contribution in [0.5, 0.6) is 0 Å². The van der Waals surface area contributed by atoms with E-state index >= 15 is 0 Å². The van der Waals surface area contributed by atoms with Crippen LogP contribution in [0.15, 0.2) is 78.0 Å². The van der Waals surface area contributed by atoms with Crippen molar-refractivity contribution in [2.75, 3.05) is 0 Å². The third-order valence-electron chi connectivity index (χ3n) is 4.36. The maximum Gasteiger partial charge on any atom is 0.341 e. The minimum atomic E-state index is -1.36. The van der Waals surface area contributed by atoms with E-state index in [0.717, 1.165) is 11.1 Å². The molecule has 4 aromatic rings. The number of halogens is 1. The van der Waals surface area contributed by atoms with E-state index in [-0.39, 0.29) is 11.1 Å². The van der Waals surface area contributed by atoms with Crippen LogP contribution in [0.25, 0.3) is 27.7 Å². The molecule has 0 saturated heterocycles. The number of hydrogen-bond acceptors (Lipinski definition) is 3. The maximum atomic E-state index is 14.4.